The highest BCUT2D eigenvalue weighted by molar-refractivity contribution is 6.17. The van der Waals surface area contributed by atoms with E-state index < -0.39 is 0 Å². The van der Waals surface area contributed by atoms with E-state index in [0.29, 0.717) is 11.9 Å². The highest BCUT2D eigenvalue weighted by Gasteiger charge is 2.07. The van der Waals surface area contributed by atoms with Gasteiger partial charge in [-0.2, -0.15) is 5.10 Å². The van der Waals surface area contributed by atoms with Gasteiger partial charge >= 0.3 is 0 Å². The third-order valence-corrected chi connectivity index (χ3v) is 4.10. The molecular formula is C17H24ClN3. The normalized spacial score (nSPS) is 11.2. The Balaban J connectivity index is 1.82. The Labute approximate surface area is 132 Å². The number of rotatable bonds is 8. The van der Waals surface area contributed by atoms with Gasteiger partial charge in [-0.1, -0.05) is 38.1 Å². The van der Waals surface area contributed by atoms with Crippen molar-refractivity contribution in [2.75, 3.05) is 0 Å². The molecule has 1 aromatic heterocycles. The van der Waals surface area contributed by atoms with Crippen molar-refractivity contribution < 1.29 is 0 Å². The molecule has 0 unspecified atom stereocenters. The molecule has 0 amide bonds. The summed E-state index contributed by atoms with van der Waals surface area (Å²) in [7, 11) is 0. The topological polar surface area (TPSA) is 29.9 Å². The zero-order valence-electron chi connectivity index (χ0n) is 12.8. The van der Waals surface area contributed by atoms with Crippen LogP contribution in [0.25, 0.3) is 0 Å². The number of alkyl halides is 1. The summed E-state index contributed by atoms with van der Waals surface area (Å²) < 4.78 is 2.09. The van der Waals surface area contributed by atoms with Crippen LogP contribution in [0.3, 0.4) is 0 Å². The fourth-order valence-electron chi connectivity index (χ4n) is 2.42. The first-order valence-electron chi connectivity index (χ1n) is 7.65. The molecule has 0 bridgehead atoms. The fraction of sp³-hybridized carbons (Fsp3) is 0.471. The second kappa shape index (κ2) is 8.20. The Morgan fingerprint density at radius 2 is 1.71 bits per heavy atom. The van der Waals surface area contributed by atoms with Crippen LogP contribution >= 0.6 is 11.6 Å². The zero-order chi connectivity index (χ0) is 15.1. The molecular weight excluding hydrogens is 282 g/mol. The lowest BCUT2D eigenvalue weighted by Crippen LogP contribution is -2.14. The molecule has 1 heterocycles. The van der Waals surface area contributed by atoms with Gasteiger partial charge < -0.3 is 5.32 Å². The molecule has 3 nitrogen and oxygen atoms in total. The number of hydrogen-bond donors (Lipinski definition) is 1. The Morgan fingerprint density at radius 1 is 1.05 bits per heavy atom. The predicted molar refractivity (Wildman–Crippen MR) is 88.4 cm³/mol. The van der Waals surface area contributed by atoms with Crippen LogP contribution in [0.15, 0.2) is 36.5 Å². The first kappa shape index (κ1) is 16.1. The monoisotopic (exact) mass is 305 g/mol. The SMILES string of the molecule is CCC(CC)n1ccc(CNCc2ccc(CCl)cc2)n1. The molecule has 0 saturated heterocycles. The van der Waals surface area contributed by atoms with Crippen molar-refractivity contribution in [3.8, 4) is 0 Å². The van der Waals surface area contributed by atoms with Crippen LogP contribution in [0.1, 0.15) is 49.6 Å². The van der Waals surface area contributed by atoms with Gasteiger partial charge in [0.05, 0.1) is 11.7 Å². The molecule has 114 valence electrons. The number of hydrogen-bond acceptors (Lipinski definition) is 2. The van der Waals surface area contributed by atoms with Crippen molar-refractivity contribution >= 4 is 11.6 Å². The van der Waals surface area contributed by atoms with E-state index in [1.54, 1.807) is 0 Å². The van der Waals surface area contributed by atoms with Crippen molar-refractivity contribution in [1.82, 2.24) is 15.1 Å². The van der Waals surface area contributed by atoms with E-state index in [1.165, 1.54) is 5.56 Å². The molecule has 1 aromatic carbocycles. The van der Waals surface area contributed by atoms with Gasteiger partial charge in [-0.25, -0.2) is 0 Å². The van der Waals surface area contributed by atoms with Crippen LogP contribution in [0.5, 0.6) is 0 Å². The summed E-state index contributed by atoms with van der Waals surface area (Å²) in [6.07, 6.45) is 4.33. The fourth-order valence-corrected chi connectivity index (χ4v) is 2.60. The van der Waals surface area contributed by atoms with Gasteiger partial charge in [-0.05, 0) is 30.0 Å². The van der Waals surface area contributed by atoms with Crippen molar-refractivity contribution in [2.45, 2.75) is 51.7 Å². The van der Waals surface area contributed by atoms with E-state index in [4.69, 9.17) is 11.6 Å². The second-order valence-corrected chi connectivity index (χ2v) is 5.58. The molecule has 4 heteroatoms. The number of halogens is 1. The van der Waals surface area contributed by atoms with Crippen molar-refractivity contribution in [1.29, 1.82) is 0 Å². The molecule has 0 fully saturated rings. The lowest BCUT2D eigenvalue weighted by Gasteiger charge is -2.12. The molecule has 21 heavy (non-hydrogen) atoms. The van der Waals surface area contributed by atoms with E-state index in [1.807, 2.05) is 0 Å². The minimum atomic E-state index is 0.516. The van der Waals surface area contributed by atoms with Gasteiger partial charge in [0.1, 0.15) is 0 Å². The molecule has 2 rings (SSSR count). The first-order chi connectivity index (χ1) is 10.3. The van der Waals surface area contributed by atoms with E-state index in [-0.39, 0.29) is 0 Å². The second-order valence-electron chi connectivity index (χ2n) is 5.31. The molecule has 2 aromatic rings. The third-order valence-electron chi connectivity index (χ3n) is 3.79. The average molecular weight is 306 g/mol. The Bertz CT molecular complexity index is 529. The summed E-state index contributed by atoms with van der Waals surface area (Å²) in [6.45, 7) is 6.06. The highest BCUT2D eigenvalue weighted by atomic mass is 35.5. The van der Waals surface area contributed by atoms with Crippen molar-refractivity contribution in [3.63, 3.8) is 0 Å². The molecule has 0 aliphatic heterocycles. The molecule has 0 aliphatic rings. The standard InChI is InChI=1S/C17H24ClN3/c1-3-17(4-2)21-10-9-16(20-21)13-19-12-15-7-5-14(11-18)6-8-15/h5-10,17,19H,3-4,11-13H2,1-2H3. The molecule has 1 N–H and O–H groups in total. The summed E-state index contributed by atoms with van der Waals surface area (Å²) in [5.74, 6) is 0.571. The quantitative estimate of drug-likeness (QED) is 0.738. The van der Waals surface area contributed by atoms with Crippen LogP contribution in [0, 0.1) is 0 Å². The van der Waals surface area contributed by atoms with Gasteiger partial charge in [-0.3, -0.25) is 4.68 Å². The Morgan fingerprint density at radius 3 is 2.33 bits per heavy atom. The smallest absolute Gasteiger partial charge is 0.0762 e. The predicted octanol–water partition coefficient (Wildman–Crippen LogP) is 4.27. The highest BCUT2D eigenvalue weighted by Crippen LogP contribution is 2.14. The summed E-state index contributed by atoms with van der Waals surface area (Å²) in [4.78, 5) is 0. The Kier molecular flexibility index (Phi) is 6.27. The summed E-state index contributed by atoms with van der Waals surface area (Å²) in [5.41, 5.74) is 3.52. The number of nitrogens with one attached hydrogen (secondary N) is 1. The van der Waals surface area contributed by atoms with E-state index >= 15 is 0 Å². The molecule has 0 saturated carbocycles. The number of nitrogens with zero attached hydrogens (tertiary/aromatic N) is 2. The molecule has 0 radical (unpaired) electrons. The van der Waals surface area contributed by atoms with E-state index in [0.717, 1.165) is 37.2 Å². The molecule has 0 aliphatic carbocycles. The Hall–Kier alpha value is -1.32. The van der Waals surface area contributed by atoms with Gasteiger partial charge in [0.15, 0.2) is 0 Å². The number of benzene rings is 1. The lowest BCUT2D eigenvalue weighted by atomic mass is 10.1. The minimum Gasteiger partial charge on any atom is -0.307 e. The van der Waals surface area contributed by atoms with Crippen LogP contribution < -0.4 is 5.32 Å². The van der Waals surface area contributed by atoms with Crippen LogP contribution in [-0.2, 0) is 19.0 Å². The largest absolute Gasteiger partial charge is 0.307 e. The lowest BCUT2D eigenvalue weighted by molar-refractivity contribution is 0.424. The van der Waals surface area contributed by atoms with Gasteiger partial charge in [0, 0.05) is 25.2 Å². The third kappa shape index (κ3) is 4.58. The average Bonchev–Trinajstić information content (AvgIpc) is 2.98. The zero-order valence-corrected chi connectivity index (χ0v) is 13.6. The van der Waals surface area contributed by atoms with Gasteiger partial charge in [0.25, 0.3) is 0 Å². The molecule has 0 atom stereocenters. The minimum absolute atomic E-state index is 0.516. The summed E-state index contributed by atoms with van der Waals surface area (Å²) in [5, 5.41) is 8.08. The maximum atomic E-state index is 5.79. The first-order valence-corrected chi connectivity index (χ1v) is 8.18. The van der Waals surface area contributed by atoms with E-state index in [9.17, 15) is 0 Å². The maximum Gasteiger partial charge on any atom is 0.0762 e. The summed E-state index contributed by atoms with van der Waals surface area (Å²) >= 11 is 5.79. The van der Waals surface area contributed by atoms with Crippen molar-refractivity contribution in [2.24, 2.45) is 0 Å². The van der Waals surface area contributed by atoms with Crippen LogP contribution in [0.2, 0.25) is 0 Å². The molecule has 0 spiro atoms. The van der Waals surface area contributed by atoms with Crippen LogP contribution in [0.4, 0.5) is 0 Å². The maximum absolute atomic E-state index is 5.79. The van der Waals surface area contributed by atoms with E-state index in [2.05, 4.69) is 65.5 Å². The van der Waals surface area contributed by atoms with Gasteiger partial charge in [-0.15, -0.1) is 11.6 Å². The van der Waals surface area contributed by atoms with Gasteiger partial charge in [0.2, 0.25) is 0 Å². The van der Waals surface area contributed by atoms with Crippen molar-refractivity contribution in [3.05, 3.63) is 53.3 Å². The summed E-state index contributed by atoms with van der Waals surface area (Å²) in [6, 6.07) is 11.0. The number of aromatic nitrogens is 2. The van der Waals surface area contributed by atoms with Crippen LogP contribution in [-0.4, -0.2) is 9.78 Å².